The van der Waals surface area contributed by atoms with Crippen molar-refractivity contribution < 1.29 is 0 Å². The second-order valence-corrected chi connectivity index (χ2v) is 5.73. The smallest absolute Gasteiger partial charge is 0.104 e. The van der Waals surface area contributed by atoms with Gasteiger partial charge < -0.3 is 4.90 Å². The Morgan fingerprint density at radius 2 is 1.90 bits per heavy atom. The van der Waals surface area contributed by atoms with Gasteiger partial charge in [0.2, 0.25) is 0 Å². The van der Waals surface area contributed by atoms with Gasteiger partial charge in [0.15, 0.2) is 0 Å². The monoisotopic (exact) mass is 193 g/mol. The molecule has 0 N–H and O–H groups in total. The second-order valence-electron chi connectivity index (χ2n) is 2.49. The van der Waals surface area contributed by atoms with Gasteiger partial charge in [-0.2, -0.15) is 0 Å². The summed E-state index contributed by atoms with van der Waals surface area (Å²) in [6, 6.07) is 0.710. The standard InChI is InChI=1S/C6H11NS3/c1-7(2)5-3-9-6(8)10-4-5/h5H,3-4H2,1-2H3. The lowest BCUT2D eigenvalue weighted by molar-refractivity contribution is 0.345. The molecule has 0 radical (unpaired) electrons. The van der Waals surface area contributed by atoms with E-state index in [1.807, 2.05) is 23.5 Å². The maximum atomic E-state index is 5.05. The Bertz CT molecular complexity index is 125. The summed E-state index contributed by atoms with van der Waals surface area (Å²) >= 11 is 8.67. The van der Waals surface area contributed by atoms with Crippen molar-refractivity contribution in [3.05, 3.63) is 0 Å². The molecule has 0 aromatic carbocycles. The SMILES string of the molecule is CN(C)C1CSC(=S)SC1. The minimum absolute atomic E-state index is 0.710. The van der Waals surface area contributed by atoms with Gasteiger partial charge in [0.25, 0.3) is 0 Å². The Labute approximate surface area is 75.9 Å². The lowest BCUT2D eigenvalue weighted by atomic mass is 10.4. The van der Waals surface area contributed by atoms with Gasteiger partial charge >= 0.3 is 0 Å². The van der Waals surface area contributed by atoms with Gasteiger partial charge in [-0.15, -0.1) is 23.5 Å². The maximum absolute atomic E-state index is 5.05. The lowest BCUT2D eigenvalue weighted by Crippen LogP contribution is -2.35. The van der Waals surface area contributed by atoms with Crippen LogP contribution in [-0.4, -0.2) is 40.1 Å². The summed E-state index contributed by atoms with van der Waals surface area (Å²) in [5, 5.41) is 0. The van der Waals surface area contributed by atoms with Crippen LogP contribution in [0.1, 0.15) is 0 Å². The van der Waals surface area contributed by atoms with Crippen LogP contribution in [0, 0.1) is 0 Å². The van der Waals surface area contributed by atoms with E-state index in [9.17, 15) is 0 Å². The molecule has 0 unspecified atom stereocenters. The number of thioether (sulfide) groups is 2. The summed E-state index contributed by atoms with van der Waals surface area (Å²) in [5.41, 5.74) is 0. The van der Waals surface area contributed by atoms with Crippen LogP contribution < -0.4 is 0 Å². The Hall–Kier alpha value is 0.750. The summed E-state index contributed by atoms with van der Waals surface area (Å²) in [5.74, 6) is 2.33. The van der Waals surface area contributed by atoms with Crippen molar-refractivity contribution in [2.24, 2.45) is 0 Å². The zero-order valence-electron chi connectivity index (χ0n) is 6.16. The molecule has 0 amide bonds. The first kappa shape index (κ1) is 8.84. The predicted octanol–water partition coefficient (Wildman–Crippen LogP) is 1.68. The van der Waals surface area contributed by atoms with Crippen LogP contribution in [0.5, 0.6) is 0 Å². The van der Waals surface area contributed by atoms with Gasteiger partial charge in [0.05, 0.1) is 0 Å². The molecular weight excluding hydrogens is 182 g/mol. The molecule has 0 aromatic rings. The highest BCUT2D eigenvalue weighted by Crippen LogP contribution is 2.26. The van der Waals surface area contributed by atoms with Gasteiger partial charge in [-0.05, 0) is 14.1 Å². The van der Waals surface area contributed by atoms with Crippen molar-refractivity contribution >= 4 is 39.3 Å². The van der Waals surface area contributed by atoms with E-state index in [0.29, 0.717) is 6.04 Å². The van der Waals surface area contributed by atoms with Crippen molar-refractivity contribution in [1.82, 2.24) is 4.90 Å². The van der Waals surface area contributed by atoms with Gasteiger partial charge in [-0.1, -0.05) is 12.2 Å². The largest absolute Gasteiger partial charge is 0.305 e. The minimum atomic E-state index is 0.710. The molecule has 0 aromatic heterocycles. The fourth-order valence-electron chi connectivity index (χ4n) is 0.716. The van der Waals surface area contributed by atoms with Crippen LogP contribution in [0.2, 0.25) is 0 Å². The summed E-state index contributed by atoms with van der Waals surface area (Å²) in [6.07, 6.45) is 0. The van der Waals surface area contributed by atoms with E-state index < -0.39 is 0 Å². The van der Waals surface area contributed by atoms with E-state index in [2.05, 4.69) is 19.0 Å². The summed E-state index contributed by atoms with van der Waals surface area (Å²) in [4.78, 5) is 2.27. The second kappa shape index (κ2) is 3.95. The molecule has 0 saturated carbocycles. The molecule has 1 aliphatic heterocycles. The highest BCUT2D eigenvalue weighted by molar-refractivity contribution is 8.47. The molecule has 4 heteroatoms. The van der Waals surface area contributed by atoms with Gasteiger partial charge in [0.1, 0.15) is 3.53 Å². The molecular formula is C6H11NS3. The summed E-state index contributed by atoms with van der Waals surface area (Å²) in [7, 11) is 4.25. The highest BCUT2D eigenvalue weighted by Gasteiger charge is 2.18. The molecule has 1 nitrogen and oxygen atoms in total. The molecule has 1 aliphatic rings. The fraction of sp³-hybridized carbons (Fsp3) is 0.833. The molecule has 1 heterocycles. The van der Waals surface area contributed by atoms with E-state index in [0.717, 1.165) is 3.53 Å². The molecule has 1 rings (SSSR count). The first-order chi connectivity index (χ1) is 4.70. The Morgan fingerprint density at radius 1 is 1.40 bits per heavy atom. The fourth-order valence-corrected chi connectivity index (χ4v) is 3.50. The number of thiocarbonyl (C=S) groups is 1. The molecule has 58 valence electrons. The average molecular weight is 193 g/mol. The van der Waals surface area contributed by atoms with Crippen LogP contribution in [-0.2, 0) is 0 Å². The van der Waals surface area contributed by atoms with Crippen molar-refractivity contribution in [2.45, 2.75) is 6.04 Å². The van der Waals surface area contributed by atoms with Crippen LogP contribution in [0.15, 0.2) is 0 Å². The average Bonchev–Trinajstić information content (AvgIpc) is 1.88. The predicted molar refractivity (Wildman–Crippen MR) is 55.0 cm³/mol. The van der Waals surface area contributed by atoms with Crippen molar-refractivity contribution in [3.63, 3.8) is 0 Å². The number of hydrogen-bond donors (Lipinski definition) is 0. The maximum Gasteiger partial charge on any atom is 0.104 e. The first-order valence-electron chi connectivity index (χ1n) is 3.16. The van der Waals surface area contributed by atoms with Crippen molar-refractivity contribution in [1.29, 1.82) is 0 Å². The van der Waals surface area contributed by atoms with Crippen LogP contribution >= 0.6 is 35.7 Å². The number of hydrogen-bond acceptors (Lipinski definition) is 4. The zero-order valence-corrected chi connectivity index (χ0v) is 8.61. The summed E-state index contributed by atoms with van der Waals surface area (Å²) < 4.78 is 1.11. The third kappa shape index (κ3) is 2.42. The lowest BCUT2D eigenvalue weighted by Gasteiger charge is -2.27. The van der Waals surface area contributed by atoms with Crippen LogP contribution in [0.3, 0.4) is 0 Å². The van der Waals surface area contributed by atoms with Crippen LogP contribution in [0.4, 0.5) is 0 Å². The number of rotatable bonds is 1. The molecule has 0 spiro atoms. The van der Waals surface area contributed by atoms with E-state index in [1.54, 1.807) is 0 Å². The van der Waals surface area contributed by atoms with Crippen molar-refractivity contribution in [2.75, 3.05) is 25.6 Å². The van der Waals surface area contributed by atoms with E-state index >= 15 is 0 Å². The number of nitrogens with zero attached hydrogens (tertiary/aromatic N) is 1. The molecule has 1 fully saturated rings. The van der Waals surface area contributed by atoms with Crippen LogP contribution in [0.25, 0.3) is 0 Å². The van der Waals surface area contributed by atoms with Gasteiger partial charge in [-0.3, -0.25) is 0 Å². The first-order valence-corrected chi connectivity index (χ1v) is 5.54. The summed E-state index contributed by atoms with van der Waals surface area (Å²) in [6.45, 7) is 0. The Morgan fingerprint density at radius 3 is 2.30 bits per heavy atom. The quantitative estimate of drug-likeness (QED) is 0.583. The zero-order chi connectivity index (χ0) is 7.56. The third-order valence-corrected chi connectivity index (χ3v) is 4.51. The molecule has 0 atom stereocenters. The van der Waals surface area contributed by atoms with E-state index in [-0.39, 0.29) is 0 Å². The Kier molecular flexibility index (Phi) is 3.49. The molecule has 0 aliphatic carbocycles. The normalized spacial score (nSPS) is 22.1. The topological polar surface area (TPSA) is 3.24 Å². The molecule has 1 saturated heterocycles. The Balaban J connectivity index is 2.33. The van der Waals surface area contributed by atoms with E-state index in [4.69, 9.17) is 12.2 Å². The highest BCUT2D eigenvalue weighted by atomic mass is 32.2. The van der Waals surface area contributed by atoms with E-state index in [1.165, 1.54) is 11.5 Å². The minimum Gasteiger partial charge on any atom is -0.305 e. The van der Waals surface area contributed by atoms with Gasteiger partial charge in [0, 0.05) is 17.5 Å². The molecule has 10 heavy (non-hydrogen) atoms. The van der Waals surface area contributed by atoms with Gasteiger partial charge in [-0.25, -0.2) is 0 Å². The molecule has 0 bridgehead atoms. The third-order valence-electron chi connectivity index (χ3n) is 1.52. The van der Waals surface area contributed by atoms with Crippen molar-refractivity contribution in [3.8, 4) is 0 Å².